The van der Waals surface area contributed by atoms with E-state index in [0.717, 1.165) is 11.8 Å². The summed E-state index contributed by atoms with van der Waals surface area (Å²) in [5.41, 5.74) is -0.870. The van der Waals surface area contributed by atoms with Crippen LogP contribution in [0.5, 0.6) is 11.5 Å². The maximum Gasteiger partial charge on any atom is 0.277 e. The molecule has 5 rings (SSSR count). The predicted molar refractivity (Wildman–Crippen MR) is 187 cm³/mol. The van der Waals surface area contributed by atoms with Crippen LogP contribution in [0.3, 0.4) is 0 Å². The van der Waals surface area contributed by atoms with E-state index in [4.69, 9.17) is 9.47 Å². The number of hydrogen-bond donors (Lipinski definition) is 3. The molecule has 1 aliphatic heterocycles. The predicted octanol–water partition coefficient (Wildman–Crippen LogP) is 3.91. The molecule has 2 aliphatic rings. The van der Waals surface area contributed by atoms with Crippen LogP contribution in [-0.2, 0) is 19.6 Å². The molecule has 0 saturated heterocycles. The Balaban J connectivity index is 1.40. The summed E-state index contributed by atoms with van der Waals surface area (Å²) in [6.45, 7) is 8.87. The third-order valence-electron chi connectivity index (χ3n) is 8.82. The van der Waals surface area contributed by atoms with E-state index in [-0.39, 0.29) is 36.6 Å². The monoisotopic (exact) mass is 704 g/mol. The molecule has 3 aromatic carbocycles. The molecular weight excluding hydrogens is 660 g/mol. The number of carbonyl (C=O) groups excluding carboxylic acids is 3. The Kier molecular flexibility index (Phi) is 10.8. The van der Waals surface area contributed by atoms with Crippen molar-refractivity contribution in [1.29, 1.82) is 0 Å². The van der Waals surface area contributed by atoms with Gasteiger partial charge in [-0.1, -0.05) is 83.1 Å². The zero-order chi connectivity index (χ0) is 36.3. The number of amides is 3. The first-order chi connectivity index (χ1) is 23.6. The van der Waals surface area contributed by atoms with E-state index >= 15 is 0 Å². The Morgan fingerprint density at radius 3 is 2.26 bits per heavy atom. The normalized spacial score (nSPS) is 19.7. The van der Waals surface area contributed by atoms with Crippen molar-refractivity contribution in [3.8, 4) is 11.5 Å². The van der Waals surface area contributed by atoms with Crippen LogP contribution < -0.4 is 20.1 Å². The van der Waals surface area contributed by atoms with Gasteiger partial charge in [0.25, 0.3) is 11.8 Å². The number of benzene rings is 3. The highest BCUT2D eigenvalue weighted by molar-refractivity contribution is 7.89. The number of hydrogen-bond acceptors (Lipinski definition) is 8. The van der Waals surface area contributed by atoms with E-state index in [1.54, 1.807) is 51.1 Å². The number of aliphatic imine (C=N–C) groups is 1. The maximum atomic E-state index is 14.1. The molecule has 12 nitrogen and oxygen atoms in total. The lowest BCUT2D eigenvalue weighted by atomic mass is 9.85. The minimum absolute atomic E-state index is 0.00832. The molecule has 3 amide bonds. The zero-order valence-corrected chi connectivity index (χ0v) is 29.6. The lowest BCUT2D eigenvalue weighted by molar-refractivity contribution is -0.131. The summed E-state index contributed by atoms with van der Waals surface area (Å²) in [5.74, 6) is -1.58. The number of nitrogens with one attached hydrogen (secondary N) is 2. The third kappa shape index (κ3) is 8.23. The second kappa shape index (κ2) is 14.7. The van der Waals surface area contributed by atoms with Crippen LogP contribution >= 0.6 is 0 Å². The third-order valence-corrected chi connectivity index (χ3v) is 10.6. The minimum atomic E-state index is -4.12. The van der Waals surface area contributed by atoms with Gasteiger partial charge in [-0.05, 0) is 47.6 Å². The Hall–Kier alpha value is -4.59. The summed E-state index contributed by atoms with van der Waals surface area (Å²) in [5, 5.41) is 17.7. The van der Waals surface area contributed by atoms with Crippen molar-refractivity contribution < 1.29 is 37.4 Å². The molecule has 2 unspecified atom stereocenters. The molecule has 1 fully saturated rings. The number of aliphatic hydroxyl groups is 1. The molecule has 3 N–H and O–H groups in total. The highest BCUT2D eigenvalue weighted by Crippen LogP contribution is 2.54. The molecule has 50 heavy (non-hydrogen) atoms. The van der Waals surface area contributed by atoms with Gasteiger partial charge < -0.3 is 25.2 Å². The fraction of sp³-hybridized carbons (Fsp3) is 0.405. The van der Waals surface area contributed by atoms with Crippen LogP contribution in [0.25, 0.3) is 0 Å². The number of aliphatic hydroxyl groups excluding tert-OH is 1. The number of ether oxygens (including phenoxy) is 2. The molecule has 0 bridgehead atoms. The van der Waals surface area contributed by atoms with Gasteiger partial charge in [-0.2, -0.15) is 4.31 Å². The van der Waals surface area contributed by atoms with Crippen molar-refractivity contribution >= 4 is 34.0 Å². The number of rotatable bonds is 13. The first-order valence-corrected chi connectivity index (χ1v) is 17.9. The summed E-state index contributed by atoms with van der Waals surface area (Å²) in [6, 6.07) is 20.9. The summed E-state index contributed by atoms with van der Waals surface area (Å²) < 4.78 is 40.1. The zero-order valence-electron chi connectivity index (χ0n) is 28.8. The van der Waals surface area contributed by atoms with Gasteiger partial charge >= 0.3 is 0 Å². The quantitative estimate of drug-likeness (QED) is 0.226. The summed E-state index contributed by atoms with van der Waals surface area (Å²) in [7, 11) is -4.12. The number of nitrogens with zero attached hydrogens (tertiary/aromatic N) is 2. The van der Waals surface area contributed by atoms with E-state index in [1.807, 2.05) is 44.2 Å². The highest BCUT2D eigenvalue weighted by Gasteiger charge is 2.61. The van der Waals surface area contributed by atoms with Gasteiger partial charge in [0.05, 0.1) is 22.8 Å². The fourth-order valence-corrected chi connectivity index (χ4v) is 7.74. The average Bonchev–Trinajstić information content (AvgIpc) is 3.61. The number of carbonyl (C=O) groups is 3. The van der Waals surface area contributed by atoms with Crippen LogP contribution in [0, 0.1) is 11.3 Å². The molecule has 0 spiro atoms. The topological polar surface area (TPSA) is 164 Å². The Labute approximate surface area is 292 Å². The summed E-state index contributed by atoms with van der Waals surface area (Å²) in [4.78, 5) is 43.3. The van der Waals surface area contributed by atoms with E-state index in [2.05, 4.69) is 15.6 Å². The molecule has 13 heteroatoms. The number of sulfonamides is 1. The molecule has 1 saturated carbocycles. The maximum absolute atomic E-state index is 14.1. The first kappa shape index (κ1) is 36.7. The Morgan fingerprint density at radius 2 is 1.62 bits per heavy atom. The first-order valence-electron chi connectivity index (χ1n) is 16.5. The Morgan fingerprint density at radius 1 is 0.980 bits per heavy atom. The molecule has 0 radical (unpaired) electrons. The summed E-state index contributed by atoms with van der Waals surface area (Å²) >= 11 is 0. The van der Waals surface area contributed by atoms with Crippen LogP contribution in [-0.4, -0.2) is 79.3 Å². The van der Waals surface area contributed by atoms with Gasteiger partial charge in [-0.25, -0.2) is 13.4 Å². The highest BCUT2D eigenvalue weighted by atomic mass is 32.2. The van der Waals surface area contributed by atoms with Gasteiger partial charge in [0.1, 0.15) is 6.04 Å². The second-order valence-electron chi connectivity index (χ2n) is 14.2. The van der Waals surface area contributed by atoms with Crippen molar-refractivity contribution in [2.75, 3.05) is 19.9 Å². The molecule has 1 aliphatic carbocycles. The van der Waals surface area contributed by atoms with Gasteiger partial charge in [-0.3, -0.25) is 14.4 Å². The molecule has 0 aromatic heterocycles. The summed E-state index contributed by atoms with van der Waals surface area (Å²) in [6.07, 6.45) is -0.150. The van der Waals surface area contributed by atoms with E-state index in [0.29, 0.717) is 23.5 Å². The smallest absolute Gasteiger partial charge is 0.277 e. The second-order valence-corrected chi connectivity index (χ2v) is 16.1. The fourth-order valence-electron chi connectivity index (χ4n) is 6.12. The lowest BCUT2D eigenvalue weighted by Gasteiger charge is -2.35. The SMILES string of the molecule is CC(C)CN(C[C@@H](O)C1(NC(=O)[C@@H](NC(=O)C=NC(=O)c2ccccc2)C(C)(C)C)CC1c1ccccc1)S(=O)(=O)c1ccc2c(c1)OCO2. The van der Waals surface area contributed by atoms with Crippen LogP contribution in [0.2, 0.25) is 0 Å². The average molecular weight is 705 g/mol. The van der Waals surface area contributed by atoms with E-state index in [1.165, 1.54) is 22.5 Å². The van der Waals surface area contributed by atoms with Crippen molar-refractivity contribution in [3.63, 3.8) is 0 Å². The van der Waals surface area contributed by atoms with Crippen LogP contribution in [0.1, 0.15) is 62.9 Å². The molecule has 4 atom stereocenters. The van der Waals surface area contributed by atoms with Crippen molar-refractivity contribution in [2.45, 2.75) is 69.5 Å². The molecule has 1 heterocycles. The lowest BCUT2D eigenvalue weighted by Crippen LogP contribution is -2.60. The largest absolute Gasteiger partial charge is 0.454 e. The molecule has 3 aromatic rings. The van der Waals surface area contributed by atoms with Gasteiger partial charge in [0, 0.05) is 30.6 Å². The van der Waals surface area contributed by atoms with E-state index < -0.39 is 50.8 Å². The molecular formula is C37H44N4O8S. The minimum Gasteiger partial charge on any atom is -0.454 e. The van der Waals surface area contributed by atoms with Crippen molar-refractivity contribution in [1.82, 2.24) is 14.9 Å². The Bertz CT molecular complexity index is 1840. The van der Waals surface area contributed by atoms with Crippen molar-refractivity contribution in [2.24, 2.45) is 16.3 Å². The standard InChI is InChI=1S/C37H44N4O8S/c1-24(2)21-41(50(46,47)27-16-17-29-30(18-27)49-23-48-29)22-31(42)37(19-28(37)25-12-8-6-9-13-25)40-35(45)33(36(3,4)5)39-32(43)20-38-34(44)26-14-10-7-11-15-26/h6-18,20,24,28,31,33,42H,19,21-23H2,1-5H3,(H,39,43)(H,40,45)/t28?,31-,33-,37?/m1/s1. The van der Waals surface area contributed by atoms with Crippen molar-refractivity contribution in [3.05, 3.63) is 90.0 Å². The number of fused-ring (bicyclic) bond motifs is 1. The van der Waals surface area contributed by atoms with E-state index in [9.17, 15) is 27.9 Å². The van der Waals surface area contributed by atoms with Gasteiger partial charge in [0.2, 0.25) is 22.7 Å². The van der Waals surface area contributed by atoms with Gasteiger partial charge in [0.15, 0.2) is 11.5 Å². The van der Waals surface area contributed by atoms with Crippen LogP contribution in [0.15, 0.2) is 88.8 Å². The molecule has 266 valence electrons. The van der Waals surface area contributed by atoms with Gasteiger partial charge in [-0.15, -0.1) is 0 Å². The van der Waals surface area contributed by atoms with Crippen LogP contribution in [0.4, 0.5) is 0 Å².